The van der Waals surface area contributed by atoms with Crippen LogP contribution in [0, 0.1) is 5.92 Å². The number of morpholine rings is 1. The highest BCUT2D eigenvalue weighted by Gasteiger charge is 2.25. The van der Waals surface area contributed by atoms with Crippen LogP contribution in [0.15, 0.2) is 0 Å². The average molecular weight is 199 g/mol. The molecule has 0 spiro atoms. The van der Waals surface area contributed by atoms with Gasteiger partial charge in [0.25, 0.3) is 0 Å². The lowest BCUT2D eigenvalue weighted by molar-refractivity contribution is -0.0801. The maximum atomic E-state index is 5.73. The standard InChI is InChI=1S/C12H25NO/c1-9(2)6-10(3)13-7-11(4)14-12(5)8-13/h9-12H,6-8H2,1-5H3. The summed E-state index contributed by atoms with van der Waals surface area (Å²) in [5.74, 6) is 0.790. The Morgan fingerprint density at radius 3 is 2.07 bits per heavy atom. The monoisotopic (exact) mass is 199 g/mol. The zero-order chi connectivity index (χ0) is 10.7. The van der Waals surface area contributed by atoms with Crippen LogP contribution in [0.5, 0.6) is 0 Å². The number of rotatable bonds is 3. The largest absolute Gasteiger partial charge is 0.373 e. The molecule has 0 aromatic carbocycles. The fourth-order valence-electron chi connectivity index (χ4n) is 2.41. The van der Waals surface area contributed by atoms with E-state index >= 15 is 0 Å². The second kappa shape index (κ2) is 5.13. The normalized spacial score (nSPS) is 32.1. The molecular weight excluding hydrogens is 174 g/mol. The van der Waals surface area contributed by atoms with Gasteiger partial charge in [0.2, 0.25) is 0 Å². The number of hydrogen-bond acceptors (Lipinski definition) is 2. The Kier molecular flexibility index (Phi) is 4.39. The van der Waals surface area contributed by atoms with Gasteiger partial charge < -0.3 is 4.74 Å². The van der Waals surface area contributed by atoms with E-state index in [1.54, 1.807) is 0 Å². The van der Waals surface area contributed by atoms with Crippen LogP contribution in [-0.4, -0.2) is 36.2 Å². The van der Waals surface area contributed by atoms with E-state index in [0.29, 0.717) is 18.2 Å². The molecule has 84 valence electrons. The van der Waals surface area contributed by atoms with Crippen molar-refractivity contribution in [2.45, 2.75) is 59.3 Å². The molecule has 0 amide bonds. The van der Waals surface area contributed by atoms with Gasteiger partial charge in [-0.15, -0.1) is 0 Å². The minimum Gasteiger partial charge on any atom is -0.373 e. The third-order valence-corrected chi connectivity index (χ3v) is 2.88. The van der Waals surface area contributed by atoms with Gasteiger partial charge in [0, 0.05) is 19.1 Å². The maximum absolute atomic E-state index is 5.73. The van der Waals surface area contributed by atoms with Gasteiger partial charge in [0.1, 0.15) is 0 Å². The molecule has 0 radical (unpaired) electrons. The molecule has 1 rings (SSSR count). The third kappa shape index (κ3) is 3.58. The molecule has 2 nitrogen and oxygen atoms in total. The van der Waals surface area contributed by atoms with E-state index in [4.69, 9.17) is 4.74 Å². The van der Waals surface area contributed by atoms with Crippen molar-refractivity contribution in [3.8, 4) is 0 Å². The van der Waals surface area contributed by atoms with E-state index in [1.807, 2.05) is 0 Å². The lowest BCUT2D eigenvalue weighted by atomic mass is 10.0. The van der Waals surface area contributed by atoms with E-state index < -0.39 is 0 Å². The molecule has 14 heavy (non-hydrogen) atoms. The second-order valence-electron chi connectivity index (χ2n) is 5.19. The van der Waals surface area contributed by atoms with Gasteiger partial charge in [0.15, 0.2) is 0 Å². The van der Waals surface area contributed by atoms with E-state index in [9.17, 15) is 0 Å². The van der Waals surface area contributed by atoms with Crippen LogP contribution in [0.2, 0.25) is 0 Å². The van der Waals surface area contributed by atoms with Gasteiger partial charge in [-0.2, -0.15) is 0 Å². The van der Waals surface area contributed by atoms with Crippen LogP contribution >= 0.6 is 0 Å². The summed E-state index contributed by atoms with van der Waals surface area (Å²) in [5, 5.41) is 0. The zero-order valence-electron chi connectivity index (χ0n) is 10.3. The zero-order valence-corrected chi connectivity index (χ0v) is 10.3. The van der Waals surface area contributed by atoms with Gasteiger partial charge in [-0.25, -0.2) is 0 Å². The predicted molar refractivity (Wildman–Crippen MR) is 60.5 cm³/mol. The first kappa shape index (κ1) is 12.0. The van der Waals surface area contributed by atoms with Gasteiger partial charge in [-0.05, 0) is 33.1 Å². The summed E-state index contributed by atoms with van der Waals surface area (Å²) in [6, 6.07) is 0.698. The van der Waals surface area contributed by atoms with Crippen molar-refractivity contribution in [1.82, 2.24) is 4.90 Å². The molecule has 0 N–H and O–H groups in total. The first-order chi connectivity index (χ1) is 6.49. The first-order valence-electron chi connectivity index (χ1n) is 5.88. The first-order valence-corrected chi connectivity index (χ1v) is 5.88. The third-order valence-electron chi connectivity index (χ3n) is 2.88. The molecule has 1 fully saturated rings. The molecule has 1 heterocycles. The van der Waals surface area contributed by atoms with Crippen LogP contribution in [0.4, 0.5) is 0 Å². The smallest absolute Gasteiger partial charge is 0.0678 e. The van der Waals surface area contributed by atoms with Crippen LogP contribution in [0.3, 0.4) is 0 Å². The molecule has 1 aliphatic heterocycles. The number of ether oxygens (including phenoxy) is 1. The summed E-state index contributed by atoms with van der Waals surface area (Å²) >= 11 is 0. The fourth-order valence-corrected chi connectivity index (χ4v) is 2.41. The van der Waals surface area contributed by atoms with Crippen molar-refractivity contribution in [2.75, 3.05) is 13.1 Å². The Morgan fingerprint density at radius 1 is 1.14 bits per heavy atom. The Morgan fingerprint density at radius 2 is 1.64 bits per heavy atom. The molecule has 1 saturated heterocycles. The summed E-state index contributed by atoms with van der Waals surface area (Å²) < 4.78 is 5.73. The fraction of sp³-hybridized carbons (Fsp3) is 1.00. The summed E-state index contributed by atoms with van der Waals surface area (Å²) in [6.45, 7) is 13.5. The second-order valence-corrected chi connectivity index (χ2v) is 5.19. The number of hydrogen-bond donors (Lipinski definition) is 0. The van der Waals surface area contributed by atoms with Crippen molar-refractivity contribution in [1.29, 1.82) is 0 Å². The molecular formula is C12H25NO. The highest BCUT2D eigenvalue weighted by atomic mass is 16.5. The lowest BCUT2D eigenvalue weighted by Crippen LogP contribution is -2.49. The Balaban J connectivity index is 2.42. The minimum atomic E-state index is 0.397. The predicted octanol–water partition coefficient (Wildman–Crippen LogP) is 2.53. The van der Waals surface area contributed by atoms with Crippen LogP contribution in [0.25, 0.3) is 0 Å². The van der Waals surface area contributed by atoms with Crippen molar-refractivity contribution in [2.24, 2.45) is 5.92 Å². The van der Waals surface area contributed by atoms with Crippen LogP contribution in [-0.2, 0) is 4.74 Å². The molecule has 0 aromatic rings. The van der Waals surface area contributed by atoms with Crippen molar-refractivity contribution in [3.05, 3.63) is 0 Å². The average Bonchev–Trinajstić information content (AvgIpc) is 2.00. The van der Waals surface area contributed by atoms with Crippen LogP contribution < -0.4 is 0 Å². The SMILES string of the molecule is CC(C)CC(C)N1CC(C)OC(C)C1. The Bertz CT molecular complexity index is 160. The van der Waals surface area contributed by atoms with Gasteiger partial charge >= 0.3 is 0 Å². The highest BCUT2D eigenvalue weighted by Crippen LogP contribution is 2.17. The van der Waals surface area contributed by atoms with Gasteiger partial charge in [0.05, 0.1) is 12.2 Å². The lowest BCUT2D eigenvalue weighted by Gasteiger charge is -2.39. The quantitative estimate of drug-likeness (QED) is 0.692. The molecule has 3 atom stereocenters. The molecule has 0 aromatic heterocycles. The van der Waals surface area contributed by atoms with E-state index in [0.717, 1.165) is 19.0 Å². The topological polar surface area (TPSA) is 12.5 Å². The summed E-state index contributed by atoms with van der Waals surface area (Å²) in [7, 11) is 0. The summed E-state index contributed by atoms with van der Waals surface area (Å²) in [5.41, 5.74) is 0. The van der Waals surface area contributed by atoms with E-state index in [2.05, 4.69) is 39.5 Å². The van der Waals surface area contributed by atoms with Crippen molar-refractivity contribution < 1.29 is 4.74 Å². The molecule has 0 aliphatic carbocycles. The maximum Gasteiger partial charge on any atom is 0.0678 e. The van der Waals surface area contributed by atoms with E-state index in [-0.39, 0.29) is 0 Å². The van der Waals surface area contributed by atoms with E-state index in [1.165, 1.54) is 6.42 Å². The Labute approximate surface area is 88.6 Å². The van der Waals surface area contributed by atoms with Crippen LogP contribution in [0.1, 0.15) is 41.0 Å². The summed E-state index contributed by atoms with van der Waals surface area (Å²) in [6.07, 6.45) is 2.08. The minimum absolute atomic E-state index is 0.397. The highest BCUT2D eigenvalue weighted by molar-refractivity contribution is 4.77. The molecule has 1 aliphatic rings. The molecule has 3 unspecified atom stereocenters. The number of nitrogens with zero attached hydrogens (tertiary/aromatic N) is 1. The van der Waals surface area contributed by atoms with Crippen molar-refractivity contribution >= 4 is 0 Å². The summed E-state index contributed by atoms with van der Waals surface area (Å²) in [4.78, 5) is 2.57. The van der Waals surface area contributed by atoms with Gasteiger partial charge in [-0.1, -0.05) is 13.8 Å². The van der Waals surface area contributed by atoms with Crippen molar-refractivity contribution in [3.63, 3.8) is 0 Å². The molecule has 2 heteroatoms. The van der Waals surface area contributed by atoms with Gasteiger partial charge in [-0.3, -0.25) is 4.90 Å². The Hall–Kier alpha value is -0.0800. The molecule has 0 bridgehead atoms. The molecule has 0 saturated carbocycles.